The summed E-state index contributed by atoms with van der Waals surface area (Å²) in [5.41, 5.74) is 1.27. The van der Waals surface area contributed by atoms with Gasteiger partial charge in [-0.3, -0.25) is 0 Å². The van der Waals surface area contributed by atoms with Crippen molar-refractivity contribution in [1.82, 2.24) is 0 Å². The van der Waals surface area contributed by atoms with Crippen molar-refractivity contribution in [3.05, 3.63) is 65.7 Å². The molecule has 0 N–H and O–H groups in total. The predicted octanol–water partition coefficient (Wildman–Crippen LogP) is 2.19. The SMILES string of the molecule is N#Cc1ccc(C(=O)C[Se]c2ccccc2)cc1. The van der Waals surface area contributed by atoms with Gasteiger partial charge in [-0.1, -0.05) is 0 Å². The van der Waals surface area contributed by atoms with E-state index < -0.39 is 0 Å². The summed E-state index contributed by atoms with van der Waals surface area (Å²) < 4.78 is 1.23. The second kappa shape index (κ2) is 6.16. The van der Waals surface area contributed by atoms with Gasteiger partial charge < -0.3 is 0 Å². The quantitative estimate of drug-likeness (QED) is 0.641. The minimum atomic E-state index is 0.142. The molecule has 2 aromatic rings. The molecule has 3 heteroatoms. The van der Waals surface area contributed by atoms with E-state index in [2.05, 4.69) is 0 Å². The van der Waals surface area contributed by atoms with Gasteiger partial charge in [-0.2, -0.15) is 0 Å². The molecule has 0 heterocycles. The molecule has 0 amide bonds. The monoisotopic (exact) mass is 301 g/mol. The molecule has 0 aliphatic carbocycles. The van der Waals surface area contributed by atoms with Crippen molar-refractivity contribution in [1.29, 1.82) is 5.26 Å². The second-order valence-electron chi connectivity index (χ2n) is 3.71. The van der Waals surface area contributed by atoms with Crippen LogP contribution in [0.4, 0.5) is 0 Å². The molecule has 0 radical (unpaired) electrons. The van der Waals surface area contributed by atoms with Crippen LogP contribution in [0.15, 0.2) is 54.6 Å². The maximum atomic E-state index is 12.0. The molecule has 2 rings (SSSR count). The third-order valence-electron chi connectivity index (χ3n) is 2.45. The van der Waals surface area contributed by atoms with Crippen molar-refractivity contribution in [2.45, 2.75) is 5.32 Å². The van der Waals surface area contributed by atoms with Gasteiger partial charge in [0.1, 0.15) is 0 Å². The summed E-state index contributed by atoms with van der Waals surface area (Å²) in [5, 5.41) is 9.25. The Hall–Kier alpha value is -1.88. The third-order valence-corrected chi connectivity index (χ3v) is 4.57. The molecule has 0 saturated heterocycles. The Morgan fingerprint density at radius 2 is 1.72 bits per heavy atom. The number of nitriles is 1. The van der Waals surface area contributed by atoms with Crippen LogP contribution in [-0.2, 0) is 0 Å². The Morgan fingerprint density at radius 3 is 2.33 bits per heavy atom. The number of benzene rings is 2. The van der Waals surface area contributed by atoms with Gasteiger partial charge in [0.2, 0.25) is 0 Å². The fourth-order valence-corrected chi connectivity index (χ4v) is 3.19. The number of carbonyl (C=O) groups excluding carboxylic acids is 1. The summed E-state index contributed by atoms with van der Waals surface area (Å²) >= 11 is 0.173. The van der Waals surface area contributed by atoms with Crippen molar-refractivity contribution in [2.75, 3.05) is 0 Å². The van der Waals surface area contributed by atoms with Crippen LogP contribution in [0.1, 0.15) is 15.9 Å². The van der Waals surface area contributed by atoms with Gasteiger partial charge in [-0.15, -0.1) is 0 Å². The summed E-state index contributed by atoms with van der Waals surface area (Å²) in [6.45, 7) is 0. The second-order valence-corrected chi connectivity index (χ2v) is 5.91. The van der Waals surface area contributed by atoms with E-state index in [1.165, 1.54) is 4.46 Å². The summed E-state index contributed by atoms with van der Waals surface area (Å²) in [6.07, 6.45) is 0. The summed E-state index contributed by atoms with van der Waals surface area (Å²) in [4.78, 5) is 12.0. The van der Waals surface area contributed by atoms with E-state index in [0.717, 1.165) is 0 Å². The van der Waals surface area contributed by atoms with Crippen LogP contribution in [-0.4, -0.2) is 20.7 Å². The molecule has 0 aliphatic rings. The van der Waals surface area contributed by atoms with E-state index in [9.17, 15) is 4.79 Å². The average Bonchev–Trinajstić information content (AvgIpc) is 2.46. The van der Waals surface area contributed by atoms with Crippen molar-refractivity contribution >= 4 is 25.2 Å². The van der Waals surface area contributed by atoms with Gasteiger partial charge in [0, 0.05) is 0 Å². The normalized spacial score (nSPS) is 9.72. The Kier molecular flexibility index (Phi) is 4.30. The Morgan fingerprint density at radius 1 is 1.06 bits per heavy atom. The van der Waals surface area contributed by atoms with Gasteiger partial charge in [0.25, 0.3) is 0 Å². The molecule has 0 fully saturated rings. The first kappa shape index (κ1) is 12.6. The minimum absolute atomic E-state index is 0.142. The van der Waals surface area contributed by atoms with Gasteiger partial charge in [0.15, 0.2) is 0 Å². The Bertz CT molecular complexity index is 570. The van der Waals surface area contributed by atoms with Gasteiger partial charge in [-0.05, 0) is 0 Å². The molecular formula is C15H11NOSe. The molecule has 0 saturated carbocycles. The van der Waals surface area contributed by atoms with Crippen LogP contribution in [0.5, 0.6) is 0 Å². The molecular weight excluding hydrogens is 289 g/mol. The summed E-state index contributed by atoms with van der Waals surface area (Å²) in [6, 6.07) is 18.9. The molecule has 0 aromatic heterocycles. The first-order valence-corrected chi connectivity index (χ1v) is 7.57. The number of Topliss-reactive ketones (excluding diaryl/α,β-unsaturated/α-hetero) is 1. The molecule has 0 atom stereocenters. The number of hydrogen-bond acceptors (Lipinski definition) is 2. The molecule has 0 aliphatic heterocycles. The first-order chi connectivity index (χ1) is 8.79. The van der Waals surface area contributed by atoms with Crippen LogP contribution < -0.4 is 4.46 Å². The van der Waals surface area contributed by atoms with E-state index >= 15 is 0 Å². The zero-order valence-corrected chi connectivity index (χ0v) is 11.4. The van der Waals surface area contributed by atoms with Crippen molar-refractivity contribution in [3.8, 4) is 6.07 Å². The summed E-state index contributed by atoms with van der Waals surface area (Å²) in [7, 11) is 0. The average molecular weight is 300 g/mol. The van der Waals surface area contributed by atoms with Crippen LogP contribution in [0.3, 0.4) is 0 Å². The zero-order chi connectivity index (χ0) is 12.8. The molecule has 2 nitrogen and oxygen atoms in total. The van der Waals surface area contributed by atoms with Gasteiger partial charge in [-0.25, -0.2) is 0 Å². The number of rotatable bonds is 4. The number of carbonyl (C=O) groups is 1. The van der Waals surface area contributed by atoms with E-state index in [1.54, 1.807) is 24.3 Å². The van der Waals surface area contributed by atoms with E-state index in [-0.39, 0.29) is 20.7 Å². The molecule has 0 spiro atoms. The molecule has 0 bridgehead atoms. The molecule has 2 aromatic carbocycles. The van der Waals surface area contributed by atoms with Crippen LogP contribution >= 0.6 is 0 Å². The van der Waals surface area contributed by atoms with Crippen molar-refractivity contribution in [3.63, 3.8) is 0 Å². The van der Waals surface area contributed by atoms with Gasteiger partial charge in [0.05, 0.1) is 0 Å². The third kappa shape index (κ3) is 3.30. The Labute approximate surface area is 112 Å². The maximum absolute atomic E-state index is 12.0. The van der Waals surface area contributed by atoms with Crippen LogP contribution in [0.25, 0.3) is 0 Å². The fraction of sp³-hybridized carbons (Fsp3) is 0.0667. The van der Waals surface area contributed by atoms with Gasteiger partial charge >= 0.3 is 112 Å². The van der Waals surface area contributed by atoms with Crippen LogP contribution in [0, 0.1) is 11.3 Å². The standard InChI is InChI=1S/C15H11NOSe/c16-10-12-6-8-13(9-7-12)15(17)11-18-14-4-2-1-3-5-14/h1-9H,11H2. The van der Waals surface area contributed by atoms with E-state index in [0.29, 0.717) is 16.4 Å². The number of nitrogens with zero attached hydrogens (tertiary/aromatic N) is 1. The first-order valence-electron chi connectivity index (χ1n) is 5.51. The zero-order valence-electron chi connectivity index (χ0n) is 9.67. The topological polar surface area (TPSA) is 40.9 Å². The molecule has 18 heavy (non-hydrogen) atoms. The molecule has 88 valence electrons. The van der Waals surface area contributed by atoms with E-state index in [4.69, 9.17) is 5.26 Å². The molecule has 0 unspecified atom stereocenters. The summed E-state index contributed by atoms with van der Waals surface area (Å²) in [5.74, 6) is 0.142. The van der Waals surface area contributed by atoms with Crippen LogP contribution in [0.2, 0.25) is 5.32 Å². The number of ketones is 1. The number of hydrogen-bond donors (Lipinski definition) is 0. The van der Waals surface area contributed by atoms with Crippen molar-refractivity contribution < 1.29 is 4.79 Å². The van der Waals surface area contributed by atoms with E-state index in [1.807, 2.05) is 36.4 Å². The predicted molar refractivity (Wildman–Crippen MR) is 72.1 cm³/mol. The van der Waals surface area contributed by atoms with Crippen molar-refractivity contribution in [2.24, 2.45) is 0 Å². The fourth-order valence-electron chi connectivity index (χ4n) is 1.48. The Balaban J connectivity index is 1.98.